The summed E-state index contributed by atoms with van der Waals surface area (Å²) >= 11 is 0. The molecule has 0 aliphatic carbocycles. The molecule has 0 radical (unpaired) electrons. The first-order valence-corrected chi connectivity index (χ1v) is 6.83. The van der Waals surface area contributed by atoms with E-state index >= 15 is 0 Å². The van der Waals surface area contributed by atoms with Crippen LogP contribution in [0.4, 0.5) is 0 Å². The lowest BCUT2D eigenvalue weighted by Gasteiger charge is -2.15. The normalized spacial score (nSPS) is 19.1. The van der Waals surface area contributed by atoms with E-state index in [0.29, 0.717) is 18.2 Å². The number of carbonyl (C=O) groups is 1. The van der Waals surface area contributed by atoms with E-state index in [4.69, 9.17) is 9.84 Å². The molecule has 1 saturated heterocycles. The molecule has 1 atom stereocenters. The molecule has 0 bridgehead atoms. The van der Waals surface area contributed by atoms with E-state index in [1.165, 1.54) is 18.3 Å². The van der Waals surface area contributed by atoms with Gasteiger partial charge in [-0.3, -0.25) is 4.79 Å². The van der Waals surface area contributed by atoms with Crippen LogP contribution < -0.4 is 5.32 Å². The van der Waals surface area contributed by atoms with E-state index in [1.807, 2.05) is 0 Å². The molecule has 2 heterocycles. The largest absolute Gasteiger partial charge is 0.506 e. The number of hydrogen-bond donors (Lipinski definition) is 2. The first kappa shape index (κ1) is 14.7. The summed E-state index contributed by atoms with van der Waals surface area (Å²) in [6.45, 7) is 4.40. The summed E-state index contributed by atoms with van der Waals surface area (Å²) < 4.78 is 5.06. The number of nitrogens with one attached hydrogen (secondary N) is 1. The number of carbonyl (C=O) groups excluding carboxylic acids is 1. The smallest absolute Gasteiger partial charge is 0.269 e. The minimum absolute atomic E-state index is 0.0612. The molecule has 2 rings (SSSR count). The quantitative estimate of drug-likeness (QED) is 0.792. The maximum atomic E-state index is 11.9. The van der Waals surface area contributed by atoms with Crippen molar-refractivity contribution in [2.45, 2.75) is 6.42 Å². The van der Waals surface area contributed by atoms with E-state index in [1.54, 1.807) is 7.11 Å². The maximum Gasteiger partial charge on any atom is 0.269 e. The van der Waals surface area contributed by atoms with Gasteiger partial charge in [0.15, 0.2) is 0 Å². The highest BCUT2D eigenvalue weighted by Crippen LogP contribution is 2.15. The SMILES string of the molecule is COCCN1CCC(CNC(=O)c2ccc(O)cn2)C1. The van der Waals surface area contributed by atoms with E-state index in [9.17, 15) is 4.79 Å². The van der Waals surface area contributed by atoms with Gasteiger partial charge in [0.25, 0.3) is 5.91 Å². The van der Waals surface area contributed by atoms with Crippen LogP contribution in [0.15, 0.2) is 18.3 Å². The third kappa shape index (κ3) is 4.18. The lowest BCUT2D eigenvalue weighted by molar-refractivity contribution is 0.0941. The Hall–Kier alpha value is -1.66. The monoisotopic (exact) mass is 279 g/mol. The number of likely N-dealkylation sites (tertiary alicyclic amines) is 1. The fourth-order valence-electron chi connectivity index (χ4n) is 2.35. The molecule has 1 aliphatic heterocycles. The van der Waals surface area contributed by atoms with Crippen molar-refractivity contribution in [1.29, 1.82) is 0 Å². The fourth-order valence-corrected chi connectivity index (χ4v) is 2.35. The summed E-state index contributed by atoms with van der Waals surface area (Å²) in [5, 5.41) is 12.0. The van der Waals surface area contributed by atoms with Gasteiger partial charge in [0, 0.05) is 26.7 Å². The molecule has 2 N–H and O–H groups in total. The molecule has 110 valence electrons. The highest BCUT2D eigenvalue weighted by atomic mass is 16.5. The van der Waals surface area contributed by atoms with Gasteiger partial charge in [-0.25, -0.2) is 4.98 Å². The Morgan fingerprint density at radius 2 is 2.45 bits per heavy atom. The molecule has 1 unspecified atom stereocenters. The molecule has 0 aromatic carbocycles. The molecular formula is C14H21N3O3. The zero-order valence-electron chi connectivity index (χ0n) is 11.7. The van der Waals surface area contributed by atoms with Crippen molar-refractivity contribution < 1.29 is 14.6 Å². The number of pyridine rings is 1. The second kappa shape index (κ2) is 7.21. The predicted molar refractivity (Wildman–Crippen MR) is 74.7 cm³/mol. The first-order valence-electron chi connectivity index (χ1n) is 6.83. The number of ether oxygens (including phenoxy) is 1. The van der Waals surface area contributed by atoms with Crippen molar-refractivity contribution >= 4 is 5.91 Å². The average Bonchev–Trinajstić information content (AvgIpc) is 2.91. The number of rotatable bonds is 6. The number of methoxy groups -OCH3 is 1. The van der Waals surface area contributed by atoms with Crippen LogP contribution in [0, 0.1) is 5.92 Å². The third-order valence-corrected chi connectivity index (χ3v) is 3.51. The van der Waals surface area contributed by atoms with Gasteiger partial charge in [-0.1, -0.05) is 0 Å². The standard InChI is InChI=1S/C14H21N3O3/c1-20-7-6-17-5-4-11(10-17)8-16-14(19)13-3-2-12(18)9-15-13/h2-3,9,11,18H,4-8,10H2,1H3,(H,16,19). The second-order valence-corrected chi connectivity index (χ2v) is 5.06. The number of nitrogens with zero attached hydrogens (tertiary/aromatic N) is 2. The first-order chi connectivity index (χ1) is 9.69. The third-order valence-electron chi connectivity index (χ3n) is 3.51. The number of aromatic nitrogens is 1. The van der Waals surface area contributed by atoms with Crippen LogP contribution in [0.2, 0.25) is 0 Å². The molecule has 1 fully saturated rings. The van der Waals surface area contributed by atoms with E-state index in [-0.39, 0.29) is 11.7 Å². The Morgan fingerprint density at radius 1 is 1.60 bits per heavy atom. The molecule has 0 saturated carbocycles. The lowest BCUT2D eigenvalue weighted by Crippen LogP contribution is -2.32. The van der Waals surface area contributed by atoms with Crippen LogP contribution in [0.25, 0.3) is 0 Å². The van der Waals surface area contributed by atoms with Gasteiger partial charge in [-0.15, -0.1) is 0 Å². The molecule has 6 heteroatoms. The minimum Gasteiger partial charge on any atom is -0.506 e. The van der Waals surface area contributed by atoms with Crippen LogP contribution in [-0.4, -0.2) is 60.8 Å². The topological polar surface area (TPSA) is 74.7 Å². The zero-order valence-corrected chi connectivity index (χ0v) is 11.7. The van der Waals surface area contributed by atoms with Crippen molar-refractivity contribution in [3.8, 4) is 5.75 Å². The fraction of sp³-hybridized carbons (Fsp3) is 0.571. The molecule has 1 aliphatic rings. The molecular weight excluding hydrogens is 258 g/mol. The van der Waals surface area contributed by atoms with Crippen LogP contribution in [-0.2, 0) is 4.74 Å². The summed E-state index contributed by atoms with van der Waals surface area (Å²) in [6.07, 6.45) is 2.37. The van der Waals surface area contributed by atoms with Crippen molar-refractivity contribution in [2.75, 3.05) is 39.9 Å². The van der Waals surface area contributed by atoms with Crippen LogP contribution in [0.3, 0.4) is 0 Å². The Balaban J connectivity index is 1.73. The van der Waals surface area contributed by atoms with Crippen LogP contribution >= 0.6 is 0 Å². The van der Waals surface area contributed by atoms with Gasteiger partial charge < -0.3 is 20.1 Å². The molecule has 6 nitrogen and oxygen atoms in total. The maximum absolute atomic E-state index is 11.9. The number of amides is 1. The Bertz CT molecular complexity index is 436. The minimum atomic E-state index is -0.194. The summed E-state index contributed by atoms with van der Waals surface area (Å²) in [6, 6.07) is 2.98. The Morgan fingerprint density at radius 3 is 3.15 bits per heavy atom. The lowest BCUT2D eigenvalue weighted by atomic mass is 10.1. The zero-order chi connectivity index (χ0) is 14.4. The van der Waals surface area contributed by atoms with Gasteiger partial charge in [0.05, 0.1) is 12.8 Å². The van der Waals surface area contributed by atoms with Crippen molar-refractivity contribution in [1.82, 2.24) is 15.2 Å². The molecule has 0 spiro atoms. The van der Waals surface area contributed by atoms with Gasteiger partial charge >= 0.3 is 0 Å². The van der Waals surface area contributed by atoms with Gasteiger partial charge in [-0.05, 0) is 31.0 Å². The molecule has 1 aromatic heterocycles. The van der Waals surface area contributed by atoms with Crippen molar-refractivity contribution in [3.05, 3.63) is 24.0 Å². The summed E-state index contributed by atoms with van der Waals surface area (Å²) in [5.41, 5.74) is 0.331. The Kier molecular flexibility index (Phi) is 5.31. The van der Waals surface area contributed by atoms with Crippen LogP contribution in [0.1, 0.15) is 16.9 Å². The number of aromatic hydroxyl groups is 1. The van der Waals surface area contributed by atoms with Crippen molar-refractivity contribution in [2.24, 2.45) is 5.92 Å². The van der Waals surface area contributed by atoms with Gasteiger partial charge in [0.2, 0.25) is 0 Å². The van der Waals surface area contributed by atoms with Crippen LogP contribution in [0.5, 0.6) is 5.75 Å². The summed E-state index contributed by atoms with van der Waals surface area (Å²) in [5.74, 6) is 0.347. The van der Waals surface area contributed by atoms with E-state index in [0.717, 1.165) is 32.7 Å². The highest BCUT2D eigenvalue weighted by Gasteiger charge is 2.22. The second-order valence-electron chi connectivity index (χ2n) is 5.06. The summed E-state index contributed by atoms with van der Waals surface area (Å²) in [7, 11) is 1.71. The van der Waals surface area contributed by atoms with E-state index < -0.39 is 0 Å². The molecule has 20 heavy (non-hydrogen) atoms. The average molecular weight is 279 g/mol. The summed E-state index contributed by atoms with van der Waals surface area (Å²) in [4.78, 5) is 18.1. The number of hydrogen-bond acceptors (Lipinski definition) is 5. The van der Waals surface area contributed by atoms with Crippen molar-refractivity contribution in [3.63, 3.8) is 0 Å². The highest BCUT2D eigenvalue weighted by molar-refractivity contribution is 5.92. The van der Waals surface area contributed by atoms with E-state index in [2.05, 4.69) is 15.2 Å². The molecule has 1 aromatic rings. The predicted octanol–water partition coefficient (Wildman–Crippen LogP) is 0.485. The van der Waals surface area contributed by atoms with Gasteiger partial charge in [0.1, 0.15) is 11.4 Å². The Labute approximate surface area is 118 Å². The molecule has 1 amide bonds. The van der Waals surface area contributed by atoms with Gasteiger partial charge in [-0.2, -0.15) is 0 Å².